The third-order valence-electron chi connectivity index (χ3n) is 4.67. The fourth-order valence-corrected chi connectivity index (χ4v) is 3.30. The molecule has 5 aromatic rings. The number of nitrogens with one attached hydrogen (secondary N) is 2. The van der Waals surface area contributed by atoms with Crippen molar-refractivity contribution >= 4 is 28.1 Å². The van der Waals surface area contributed by atoms with E-state index in [4.69, 9.17) is 0 Å². The first kappa shape index (κ1) is 16.2. The summed E-state index contributed by atoms with van der Waals surface area (Å²) in [5.41, 5.74) is 5.69. The van der Waals surface area contributed by atoms with Gasteiger partial charge in [-0.3, -0.25) is 9.78 Å². The smallest absolute Gasteiger partial charge is 0.259 e. The highest BCUT2D eigenvalue weighted by molar-refractivity contribution is 6.09. The standard InChI is InChI=1S/C21H16N6O/c1-13-4-5-16-17(11-23-20(16)25-13)14-6-8-27-19(9-14)18(12-24-27)21(28)26-15-3-2-7-22-10-15/h2-12H,1H3,(H,23,25)(H,26,28). The molecule has 0 aromatic carbocycles. The topological polar surface area (TPSA) is 88.0 Å². The minimum atomic E-state index is -0.226. The highest BCUT2D eigenvalue weighted by Crippen LogP contribution is 2.29. The Kier molecular flexibility index (Phi) is 3.65. The van der Waals surface area contributed by atoms with Gasteiger partial charge in [-0.15, -0.1) is 0 Å². The van der Waals surface area contributed by atoms with Crippen LogP contribution < -0.4 is 5.32 Å². The molecule has 7 nitrogen and oxygen atoms in total. The summed E-state index contributed by atoms with van der Waals surface area (Å²) in [6.07, 6.45) is 8.64. The van der Waals surface area contributed by atoms with Crippen LogP contribution in [0.3, 0.4) is 0 Å². The maximum absolute atomic E-state index is 12.7. The van der Waals surface area contributed by atoms with Gasteiger partial charge in [-0.25, -0.2) is 9.50 Å². The number of carbonyl (C=O) groups is 1. The number of aromatic amines is 1. The molecule has 0 aliphatic heterocycles. The lowest BCUT2D eigenvalue weighted by Crippen LogP contribution is -2.11. The van der Waals surface area contributed by atoms with E-state index in [0.29, 0.717) is 11.3 Å². The molecule has 1 amide bonds. The van der Waals surface area contributed by atoms with Crippen molar-refractivity contribution < 1.29 is 4.79 Å². The lowest BCUT2D eigenvalue weighted by Gasteiger charge is -2.05. The average molecular weight is 368 g/mol. The second kappa shape index (κ2) is 6.31. The lowest BCUT2D eigenvalue weighted by molar-refractivity contribution is 0.102. The van der Waals surface area contributed by atoms with E-state index in [-0.39, 0.29) is 5.91 Å². The van der Waals surface area contributed by atoms with E-state index < -0.39 is 0 Å². The number of aromatic nitrogens is 5. The Morgan fingerprint density at radius 3 is 2.96 bits per heavy atom. The van der Waals surface area contributed by atoms with Gasteiger partial charge < -0.3 is 10.3 Å². The highest BCUT2D eigenvalue weighted by atomic mass is 16.1. The molecule has 0 aliphatic carbocycles. The molecule has 0 atom stereocenters. The third kappa shape index (κ3) is 2.69. The molecule has 28 heavy (non-hydrogen) atoms. The molecule has 5 aromatic heterocycles. The van der Waals surface area contributed by atoms with Crippen LogP contribution in [0.5, 0.6) is 0 Å². The number of fused-ring (bicyclic) bond motifs is 2. The summed E-state index contributed by atoms with van der Waals surface area (Å²) in [5, 5.41) is 8.19. The summed E-state index contributed by atoms with van der Waals surface area (Å²) >= 11 is 0. The quantitative estimate of drug-likeness (QED) is 0.506. The Labute approximate surface area is 160 Å². The second-order valence-electron chi connectivity index (χ2n) is 6.55. The van der Waals surface area contributed by atoms with Crippen LogP contribution in [-0.2, 0) is 0 Å². The van der Waals surface area contributed by atoms with Gasteiger partial charge in [0.15, 0.2) is 0 Å². The predicted molar refractivity (Wildman–Crippen MR) is 107 cm³/mol. The average Bonchev–Trinajstić information content (AvgIpc) is 3.31. The molecular weight excluding hydrogens is 352 g/mol. The molecule has 5 heterocycles. The van der Waals surface area contributed by atoms with Crippen molar-refractivity contribution in [3.8, 4) is 11.1 Å². The van der Waals surface area contributed by atoms with E-state index in [1.165, 1.54) is 0 Å². The first-order valence-corrected chi connectivity index (χ1v) is 8.83. The van der Waals surface area contributed by atoms with Gasteiger partial charge in [0.25, 0.3) is 5.91 Å². The molecule has 5 rings (SSSR count). The molecule has 0 saturated heterocycles. The van der Waals surface area contributed by atoms with Crippen molar-refractivity contribution in [3.05, 3.63) is 78.6 Å². The van der Waals surface area contributed by atoms with Crippen molar-refractivity contribution in [2.75, 3.05) is 5.32 Å². The van der Waals surface area contributed by atoms with Crippen molar-refractivity contribution in [2.24, 2.45) is 0 Å². The first-order chi connectivity index (χ1) is 13.7. The summed E-state index contributed by atoms with van der Waals surface area (Å²) in [7, 11) is 0. The zero-order valence-corrected chi connectivity index (χ0v) is 15.0. The van der Waals surface area contributed by atoms with Crippen LogP contribution in [0.4, 0.5) is 5.69 Å². The summed E-state index contributed by atoms with van der Waals surface area (Å²) in [5.74, 6) is -0.226. The lowest BCUT2D eigenvalue weighted by atomic mass is 10.1. The van der Waals surface area contributed by atoms with E-state index in [1.54, 1.807) is 35.2 Å². The molecule has 0 fully saturated rings. The number of H-pyrrole nitrogens is 1. The number of pyridine rings is 3. The number of hydrogen-bond acceptors (Lipinski definition) is 4. The Balaban J connectivity index is 1.57. The Morgan fingerprint density at radius 1 is 1.18 bits per heavy atom. The van der Waals surface area contributed by atoms with E-state index in [1.807, 2.05) is 37.5 Å². The normalized spacial score (nSPS) is 11.2. The van der Waals surface area contributed by atoms with Gasteiger partial charge in [-0.05, 0) is 48.9 Å². The molecule has 0 saturated carbocycles. The number of carbonyl (C=O) groups excluding carboxylic acids is 1. The highest BCUT2D eigenvalue weighted by Gasteiger charge is 2.15. The number of aryl methyl sites for hydroxylation is 1. The van der Waals surface area contributed by atoms with E-state index in [2.05, 4.69) is 31.4 Å². The first-order valence-electron chi connectivity index (χ1n) is 8.83. The summed E-state index contributed by atoms with van der Waals surface area (Å²) in [6.45, 7) is 1.96. The third-order valence-corrected chi connectivity index (χ3v) is 4.67. The van der Waals surface area contributed by atoms with E-state index in [0.717, 1.165) is 33.4 Å². The van der Waals surface area contributed by atoms with Gasteiger partial charge in [-0.2, -0.15) is 5.10 Å². The summed E-state index contributed by atoms with van der Waals surface area (Å²) in [6, 6.07) is 11.6. The van der Waals surface area contributed by atoms with E-state index in [9.17, 15) is 4.79 Å². The molecule has 0 spiro atoms. The van der Waals surface area contributed by atoms with Gasteiger partial charge in [0.2, 0.25) is 0 Å². The van der Waals surface area contributed by atoms with Crippen LogP contribution >= 0.6 is 0 Å². The molecule has 2 N–H and O–H groups in total. The van der Waals surface area contributed by atoms with Crippen LogP contribution in [0.1, 0.15) is 16.1 Å². The zero-order chi connectivity index (χ0) is 19.1. The van der Waals surface area contributed by atoms with Crippen molar-refractivity contribution in [1.29, 1.82) is 0 Å². The number of amides is 1. The molecule has 0 radical (unpaired) electrons. The van der Waals surface area contributed by atoms with Gasteiger partial charge in [0.05, 0.1) is 29.2 Å². The largest absolute Gasteiger partial charge is 0.346 e. The minimum absolute atomic E-state index is 0.226. The van der Waals surface area contributed by atoms with Crippen LogP contribution in [0, 0.1) is 6.92 Å². The van der Waals surface area contributed by atoms with Crippen molar-refractivity contribution in [2.45, 2.75) is 6.92 Å². The van der Waals surface area contributed by atoms with Crippen LogP contribution in [-0.4, -0.2) is 30.5 Å². The Hall–Kier alpha value is -4.00. The van der Waals surface area contributed by atoms with Gasteiger partial charge >= 0.3 is 0 Å². The van der Waals surface area contributed by atoms with Crippen molar-refractivity contribution in [3.63, 3.8) is 0 Å². The molecule has 0 unspecified atom stereocenters. The maximum Gasteiger partial charge on any atom is 0.259 e. The number of nitrogens with zero attached hydrogens (tertiary/aromatic N) is 4. The Morgan fingerprint density at radius 2 is 2.11 bits per heavy atom. The van der Waals surface area contributed by atoms with Crippen LogP contribution in [0.2, 0.25) is 0 Å². The van der Waals surface area contributed by atoms with Crippen LogP contribution in [0.15, 0.2) is 67.4 Å². The summed E-state index contributed by atoms with van der Waals surface area (Å²) < 4.78 is 1.69. The van der Waals surface area contributed by atoms with Gasteiger partial charge in [0, 0.05) is 35.2 Å². The monoisotopic (exact) mass is 368 g/mol. The molecular formula is C21H16N6O. The fraction of sp³-hybridized carbons (Fsp3) is 0.0476. The molecule has 0 bridgehead atoms. The SMILES string of the molecule is Cc1ccc2c(-c3ccn4ncc(C(=O)Nc5cccnc5)c4c3)c[nH]c2n1. The van der Waals surface area contributed by atoms with Gasteiger partial charge in [-0.1, -0.05) is 0 Å². The van der Waals surface area contributed by atoms with Crippen LogP contribution in [0.25, 0.3) is 27.7 Å². The van der Waals surface area contributed by atoms with Crippen molar-refractivity contribution in [1.82, 2.24) is 24.6 Å². The Bertz CT molecular complexity index is 1320. The predicted octanol–water partition coefficient (Wildman–Crippen LogP) is 3.83. The number of hydrogen-bond donors (Lipinski definition) is 2. The van der Waals surface area contributed by atoms with Gasteiger partial charge in [0.1, 0.15) is 5.65 Å². The summed E-state index contributed by atoms with van der Waals surface area (Å²) in [4.78, 5) is 24.5. The van der Waals surface area contributed by atoms with E-state index >= 15 is 0 Å². The molecule has 136 valence electrons. The maximum atomic E-state index is 12.7. The molecule has 0 aliphatic rings. The number of anilines is 1. The molecule has 7 heteroatoms. The number of rotatable bonds is 3. The fourth-order valence-electron chi connectivity index (χ4n) is 3.30. The zero-order valence-electron chi connectivity index (χ0n) is 15.0. The minimum Gasteiger partial charge on any atom is -0.346 e. The second-order valence-corrected chi connectivity index (χ2v) is 6.55.